The Labute approximate surface area is 108 Å². The molecule has 0 atom stereocenters. The summed E-state index contributed by atoms with van der Waals surface area (Å²) in [5.74, 6) is -2.44. The third-order valence-corrected chi connectivity index (χ3v) is 2.57. The van der Waals surface area contributed by atoms with Crippen molar-refractivity contribution in [2.45, 2.75) is 6.92 Å². The van der Waals surface area contributed by atoms with Crippen molar-refractivity contribution < 1.29 is 19.5 Å². The van der Waals surface area contributed by atoms with Crippen LogP contribution in [0.1, 0.15) is 6.92 Å². The molecule has 1 heterocycles. The predicted octanol–water partition coefficient (Wildman–Crippen LogP) is 0.467. The van der Waals surface area contributed by atoms with Crippen molar-refractivity contribution in [2.75, 3.05) is 0 Å². The molecular formula is C12H11N3O4. The van der Waals surface area contributed by atoms with Gasteiger partial charge in [0.15, 0.2) is 5.92 Å². The Kier molecular flexibility index (Phi) is 3.28. The molecule has 1 fully saturated rings. The van der Waals surface area contributed by atoms with E-state index in [1.165, 1.54) is 19.1 Å². The maximum Gasteiger partial charge on any atom is 0.328 e. The lowest BCUT2D eigenvalue weighted by Gasteiger charge is -2.20. The first-order chi connectivity index (χ1) is 8.97. The molecule has 0 spiro atoms. The summed E-state index contributed by atoms with van der Waals surface area (Å²) in [6.45, 7) is 1.52. The maximum absolute atomic E-state index is 11.6. The number of urea groups is 1. The Bertz CT molecular complexity index is 557. The van der Waals surface area contributed by atoms with Gasteiger partial charge in [-0.25, -0.2) is 4.79 Å². The first-order valence-corrected chi connectivity index (χ1v) is 5.47. The summed E-state index contributed by atoms with van der Waals surface area (Å²) in [4.78, 5) is 38.2. The number of rotatable bonds is 2. The Morgan fingerprint density at radius 2 is 1.63 bits per heavy atom. The van der Waals surface area contributed by atoms with Gasteiger partial charge < -0.3 is 5.11 Å². The monoisotopic (exact) mass is 261 g/mol. The van der Waals surface area contributed by atoms with Gasteiger partial charge in [0.1, 0.15) is 5.75 Å². The molecule has 1 saturated heterocycles. The average molecular weight is 261 g/mol. The largest absolute Gasteiger partial charge is 0.508 e. The normalized spacial score (nSPS) is 17.1. The van der Waals surface area contributed by atoms with Gasteiger partial charge in [-0.2, -0.15) is 0 Å². The molecule has 19 heavy (non-hydrogen) atoms. The number of barbiturate groups is 1. The van der Waals surface area contributed by atoms with Crippen molar-refractivity contribution in [2.24, 2.45) is 10.9 Å². The molecule has 0 bridgehead atoms. The number of imide groups is 2. The SMILES string of the molecule is CC(=Nc1ccc(O)cc1)C1C(=O)NC(=O)NC1=O. The van der Waals surface area contributed by atoms with E-state index in [0.29, 0.717) is 5.69 Å². The van der Waals surface area contributed by atoms with Crippen LogP contribution in [-0.4, -0.2) is 28.7 Å². The van der Waals surface area contributed by atoms with Crippen molar-refractivity contribution in [1.29, 1.82) is 0 Å². The van der Waals surface area contributed by atoms with Crippen molar-refractivity contribution in [1.82, 2.24) is 10.6 Å². The third kappa shape index (κ3) is 2.76. The number of nitrogens with one attached hydrogen (secondary N) is 2. The topological polar surface area (TPSA) is 108 Å². The van der Waals surface area contributed by atoms with E-state index in [1.54, 1.807) is 12.1 Å². The fourth-order valence-corrected chi connectivity index (χ4v) is 1.69. The van der Waals surface area contributed by atoms with Gasteiger partial charge in [-0.15, -0.1) is 0 Å². The van der Waals surface area contributed by atoms with Crippen molar-refractivity contribution in [3.63, 3.8) is 0 Å². The van der Waals surface area contributed by atoms with E-state index in [2.05, 4.69) is 4.99 Å². The van der Waals surface area contributed by atoms with Crippen LogP contribution in [0, 0.1) is 5.92 Å². The number of carbonyl (C=O) groups excluding carboxylic acids is 3. The smallest absolute Gasteiger partial charge is 0.328 e. The molecule has 2 rings (SSSR count). The summed E-state index contributed by atoms with van der Waals surface area (Å²) in [5, 5.41) is 13.1. The van der Waals surface area contributed by atoms with Gasteiger partial charge in [-0.3, -0.25) is 25.2 Å². The lowest BCUT2D eigenvalue weighted by Crippen LogP contribution is -2.57. The van der Waals surface area contributed by atoms with E-state index in [4.69, 9.17) is 5.11 Å². The van der Waals surface area contributed by atoms with E-state index in [-0.39, 0.29) is 11.5 Å². The molecule has 0 radical (unpaired) electrons. The molecule has 0 aliphatic carbocycles. The van der Waals surface area contributed by atoms with Crippen LogP contribution in [0.4, 0.5) is 10.5 Å². The second-order valence-electron chi connectivity index (χ2n) is 4.01. The quantitative estimate of drug-likeness (QED) is 0.531. The number of aromatic hydroxyl groups is 1. The number of carbonyl (C=O) groups is 3. The third-order valence-electron chi connectivity index (χ3n) is 2.57. The average Bonchev–Trinajstić information content (AvgIpc) is 2.30. The van der Waals surface area contributed by atoms with Gasteiger partial charge in [0, 0.05) is 5.71 Å². The van der Waals surface area contributed by atoms with Crippen LogP contribution in [-0.2, 0) is 9.59 Å². The summed E-state index contributed by atoms with van der Waals surface area (Å²) in [5.41, 5.74) is 0.751. The van der Waals surface area contributed by atoms with Gasteiger partial charge in [-0.05, 0) is 31.2 Å². The number of nitrogens with zero attached hydrogens (tertiary/aromatic N) is 1. The molecule has 0 saturated carbocycles. The highest BCUT2D eigenvalue weighted by Crippen LogP contribution is 2.18. The number of phenols is 1. The van der Waals surface area contributed by atoms with Crippen molar-refractivity contribution in [3.05, 3.63) is 24.3 Å². The predicted molar refractivity (Wildman–Crippen MR) is 66.0 cm³/mol. The molecule has 3 N–H and O–H groups in total. The van der Waals surface area contributed by atoms with E-state index >= 15 is 0 Å². The number of phenolic OH excluding ortho intramolecular Hbond substituents is 1. The molecule has 7 heteroatoms. The molecule has 1 aromatic carbocycles. The molecule has 1 aliphatic rings. The fraction of sp³-hybridized carbons (Fsp3) is 0.167. The zero-order valence-electron chi connectivity index (χ0n) is 10.0. The number of amides is 4. The van der Waals surface area contributed by atoms with Crippen LogP contribution in [0.5, 0.6) is 5.75 Å². The van der Waals surface area contributed by atoms with Crippen LogP contribution in [0.3, 0.4) is 0 Å². The first kappa shape index (κ1) is 12.7. The summed E-state index contributed by atoms with van der Waals surface area (Å²) in [6, 6.07) is 5.14. The lowest BCUT2D eigenvalue weighted by molar-refractivity contribution is -0.132. The second-order valence-corrected chi connectivity index (χ2v) is 4.01. The number of benzene rings is 1. The van der Waals surface area contributed by atoms with Gasteiger partial charge in [-0.1, -0.05) is 0 Å². The van der Waals surface area contributed by atoms with E-state index < -0.39 is 23.8 Å². The highest BCUT2D eigenvalue weighted by molar-refractivity contribution is 6.27. The van der Waals surface area contributed by atoms with Crippen molar-refractivity contribution >= 4 is 29.2 Å². The highest BCUT2D eigenvalue weighted by atomic mass is 16.3. The summed E-state index contributed by atoms with van der Waals surface area (Å²) in [7, 11) is 0. The molecular weight excluding hydrogens is 250 g/mol. The number of hydrogen-bond acceptors (Lipinski definition) is 5. The zero-order valence-corrected chi connectivity index (χ0v) is 10.0. The molecule has 1 aromatic rings. The van der Waals surface area contributed by atoms with Gasteiger partial charge in [0.25, 0.3) is 0 Å². The minimum absolute atomic E-state index is 0.0929. The minimum atomic E-state index is -1.13. The van der Waals surface area contributed by atoms with Crippen molar-refractivity contribution in [3.8, 4) is 5.75 Å². The minimum Gasteiger partial charge on any atom is -0.508 e. The van der Waals surface area contributed by atoms with Crippen LogP contribution in [0.25, 0.3) is 0 Å². The summed E-state index contributed by atoms with van der Waals surface area (Å²) >= 11 is 0. The first-order valence-electron chi connectivity index (χ1n) is 5.47. The molecule has 0 unspecified atom stereocenters. The van der Waals surface area contributed by atoms with Gasteiger partial charge in [0.05, 0.1) is 5.69 Å². The zero-order chi connectivity index (χ0) is 14.0. The molecule has 1 aliphatic heterocycles. The molecule has 0 aromatic heterocycles. The van der Waals surface area contributed by atoms with Crippen LogP contribution >= 0.6 is 0 Å². The molecule has 98 valence electrons. The standard InChI is InChI=1S/C12H11N3O4/c1-6(13-7-2-4-8(16)5-3-7)9-10(17)14-12(19)15-11(9)18/h2-5,9,16H,1H3,(H2,14,15,17,18,19). The van der Waals surface area contributed by atoms with Gasteiger partial charge >= 0.3 is 6.03 Å². The van der Waals surface area contributed by atoms with Crippen LogP contribution < -0.4 is 10.6 Å². The van der Waals surface area contributed by atoms with Gasteiger partial charge in [0.2, 0.25) is 11.8 Å². The Hall–Kier alpha value is -2.70. The van der Waals surface area contributed by atoms with Crippen LogP contribution in [0.15, 0.2) is 29.3 Å². The second kappa shape index (κ2) is 4.89. The Balaban J connectivity index is 2.25. The number of aliphatic imine (C=N–C) groups is 1. The molecule has 7 nitrogen and oxygen atoms in total. The lowest BCUT2D eigenvalue weighted by atomic mass is 10.0. The fourth-order valence-electron chi connectivity index (χ4n) is 1.69. The Morgan fingerprint density at radius 3 is 2.16 bits per heavy atom. The highest BCUT2D eigenvalue weighted by Gasteiger charge is 2.36. The molecule has 4 amide bonds. The van der Waals surface area contributed by atoms with Crippen LogP contribution in [0.2, 0.25) is 0 Å². The Morgan fingerprint density at radius 1 is 1.11 bits per heavy atom. The number of hydrogen-bond donors (Lipinski definition) is 3. The summed E-state index contributed by atoms with van der Waals surface area (Å²) < 4.78 is 0. The van der Waals surface area contributed by atoms with E-state index in [1.807, 2.05) is 10.6 Å². The van der Waals surface area contributed by atoms with E-state index in [0.717, 1.165) is 0 Å². The summed E-state index contributed by atoms with van der Waals surface area (Å²) in [6.07, 6.45) is 0. The van der Waals surface area contributed by atoms with E-state index in [9.17, 15) is 14.4 Å². The maximum atomic E-state index is 11.6.